The van der Waals surface area contributed by atoms with E-state index in [1.165, 1.54) is 0 Å². The van der Waals surface area contributed by atoms with Crippen molar-refractivity contribution in [3.05, 3.63) is 64.6 Å². The van der Waals surface area contributed by atoms with Gasteiger partial charge in [0.1, 0.15) is 11.6 Å². The highest BCUT2D eigenvalue weighted by atomic mass is 16.5. The van der Waals surface area contributed by atoms with E-state index >= 15 is 0 Å². The van der Waals surface area contributed by atoms with Gasteiger partial charge >= 0.3 is 0 Å². The van der Waals surface area contributed by atoms with Crippen molar-refractivity contribution < 1.29 is 4.74 Å². The van der Waals surface area contributed by atoms with E-state index in [4.69, 9.17) is 4.74 Å². The lowest BCUT2D eigenvalue weighted by molar-refractivity contribution is 0.360. The average molecular weight is 264 g/mol. The fourth-order valence-corrected chi connectivity index (χ4v) is 2.72. The molecule has 0 fully saturated rings. The SMILES string of the molecule is O=c1c2c(c3ccccc3n1-c1ccccn1)OCC2. The summed E-state index contributed by atoms with van der Waals surface area (Å²) in [5.41, 5.74) is 1.54. The van der Waals surface area contributed by atoms with Gasteiger partial charge < -0.3 is 4.74 Å². The highest BCUT2D eigenvalue weighted by molar-refractivity contribution is 5.88. The molecule has 0 unspecified atom stereocenters. The molecule has 3 heterocycles. The number of nitrogens with zero attached hydrogens (tertiary/aromatic N) is 2. The Morgan fingerprint density at radius 3 is 2.80 bits per heavy atom. The van der Waals surface area contributed by atoms with Crippen molar-refractivity contribution in [1.29, 1.82) is 0 Å². The van der Waals surface area contributed by atoms with Gasteiger partial charge in [-0.25, -0.2) is 4.98 Å². The Morgan fingerprint density at radius 1 is 1.10 bits per heavy atom. The largest absolute Gasteiger partial charge is 0.492 e. The molecule has 0 saturated carbocycles. The average Bonchev–Trinajstić information content (AvgIpc) is 2.99. The quantitative estimate of drug-likeness (QED) is 0.677. The fraction of sp³-hybridized carbons (Fsp3) is 0.125. The summed E-state index contributed by atoms with van der Waals surface area (Å²) >= 11 is 0. The first-order valence-corrected chi connectivity index (χ1v) is 6.57. The Balaban J connectivity index is 2.19. The molecular weight excluding hydrogens is 252 g/mol. The summed E-state index contributed by atoms with van der Waals surface area (Å²) in [6, 6.07) is 13.3. The van der Waals surface area contributed by atoms with E-state index in [2.05, 4.69) is 4.98 Å². The molecule has 3 aromatic rings. The number of pyridine rings is 2. The summed E-state index contributed by atoms with van der Waals surface area (Å²) in [5.74, 6) is 1.38. The van der Waals surface area contributed by atoms with Crippen molar-refractivity contribution in [2.45, 2.75) is 6.42 Å². The van der Waals surface area contributed by atoms with Crippen LogP contribution in [0.25, 0.3) is 16.7 Å². The van der Waals surface area contributed by atoms with Crippen molar-refractivity contribution in [2.24, 2.45) is 0 Å². The monoisotopic (exact) mass is 264 g/mol. The number of para-hydroxylation sites is 1. The minimum absolute atomic E-state index is 0.0325. The third kappa shape index (κ3) is 1.48. The van der Waals surface area contributed by atoms with Crippen LogP contribution in [0.2, 0.25) is 0 Å². The van der Waals surface area contributed by atoms with Crippen LogP contribution in [0.5, 0.6) is 5.75 Å². The summed E-state index contributed by atoms with van der Waals surface area (Å²) in [6.07, 6.45) is 2.35. The Kier molecular flexibility index (Phi) is 2.36. The maximum atomic E-state index is 12.7. The third-order valence-corrected chi connectivity index (χ3v) is 3.60. The number of aromatic nitrogens is 2. The van der Waals surface area contributed by atoms with E-state index in [1.54, 1.807) is 10.8 Å². The molecule has 0 radical (unpaired) electrons. The highest BCUT2D eigenvalue weighted by Crippen LogP contribution is 2.32. The predicted octanol–water partition coefficient (Wildman–Crippen LogP) is 2.32. The van der Waals surface area contributed by atoms with Crippen LogP contribution in [0, 0.1) is 0 Å². The molecule has 1 aromatic carbocycles. The topological polar surface area (TPSA) is 44.1 Å². The van der Waals surface area contributed by atoms with Crippen molar-refractivity contribution in [3.8, 4) is 11.6 Å². The van der Waals surface area contributed by atoms with Crippen LogP contribution in [-0.2, 0) is 6.42 Å². The molecule has 4 heteroatoms. The minimum atomic E-state index is -0.0325. The van der Waals surface area contributed by atoms with E-state index in [9.17, 15) is 4.79 Å². The number of fused-ring (bicyclic) bond motifs is 3. The molecule has 0 aliphatic carbocycles. The maximum Gasteiger partial charge on any atom is 0.263 e. The van der Waals surface area contributed by atoms with Crippen LogP contribution in [0.15, 0.2) is 53.5 Å². The Morgan fingerprint density at radius 2 is 1.95 bits per heavy atom. The van der Waals surface area contributed by atoms with Crippen molar-refractivity contribution in [2.75, 3.05) is 6.61 Å². The summed E-state index contributed by atoms with van der Waals surface area (Å²) in [5, 5.41) is 0.963. The molecule has 4 rings (SSSR count). The van der Waals surface area contributed by atoms with Crippen LogP contribution in [0.1, 0.15) is 5.56 Å². The normalized spacial score (nSPS) is 13.2. The molecule has 0 saturated heterocycles. The lowest BCUT2D eigenvalue weighted by atomic mass is 10.1. The van der Waals surface area contributed by atoms with Gasteiger partial charge in [0.15, 0.2) is 0 Å². The van der Waals surface area contributed by atoms with Crippen LogP contribution in [0.3, 0.4) is 0 Å². The molecule has 0 amide bonds. The van der Waals surface area contributed by atoms with E-state index in [0.29, 0.717) is 18.8 Å². The highest BCUT2D eigenvalue weighted by Gasteiger charge is 2.22. The van der Waals surface area contributed by atoms with E-state index in [1.807, 2.05) is 42.5 Å². The molecule has 0 atom stereocenters. The van der Waals surface area contributed by atoms with E-state index in [0.717, 1.165) is 22.2 Å². The summed E-state index contributed by atoms with van der Waals surface area (Å²) < 4.78 is 7.32. The van der Waals surface area contributed by atoms with Gasteiger partial charge in [-0.3, -0.25) is 9.36 Å². The van der Waals surface area contributed by atoms with Crippen LogP contribution in [0.4, 0.5) is 0 Å². The van der Waals surface area contributed by atoms with E-state index in [-0.39, 0.29) is 5.56 Å². The third-order valence-electron chi connectivity index (χ3n) is 3.60. The first kappa shape index (κ1) is 11.2. The van der Waals surface area contributed by atoms with Gasteiger partial charge in [-0.1, -0.05) is 18.2 Å². The summed E-state index contributed by atoms with van der Waals surface area (Å²) in [7, 11) is 0. The molecule has 20 heavy (non-hydrogen) atoms. The van der Waals surface area contributed by atoms with Gasteiger partial charge in [0, 0.05) is 18.0 Å². The van der Waals surface area contributed by atoms with Gasteiger partial charge in [-0.2, -0.15) is 0 Å². The first-order valence-electron chi connectivity index (χ1n) is 6.57. The van der Waals surface area contributed by atoms with Crippen LogP contribution in [-0.4, -0.2) is 16.2 Å². The predicted molar refractivity (Wildman–Crippen MR) is 76.5 cm³/mol. The summed E-state index contributed by atoms with van der Waals surface area (Å²) in [4.78, 5) is 17.0. The van der Waals surface area contributed by atoms with Gasteiger partial charge in [0.2, 0.25) is 0 Å². The molecule has 1 aliphatic rings. The lowest BCUT2D eigenvalue weighted by Gasteiger charge is -2.12. The second-order valence-electron chi connectivity index (χ2n) is 4.75. The zero-order chi connectivity index (χ0) is 13.5. The zero-order valence-corrected chi connectivity index (χ0v) is 10.7. The smallest absolute Gasteiger partial charge is 0.263 e. The summed E-state index contributed by atoms with van der Waals surface area (Å²) in [6.45, 7) is 0.570. The van der Waals surface area contributed by atoms with Crippen molar-refractivity contribution in [3.63, 3.8) is 0 Å². The zero-order valence-electron chi connectivity index (χ0n) is 10.7. The van der Waals surface area contributed by atoms with Crippen molar-refractivity contribution >= 4 is 10.9 Å². The fourth-order valence-electron chi connectivity index (χ4n) is 2.72. The van der Waals surface area contributed by atoms with Gasteiger partial charge in [0.25, 0.3) is 5.56 Å². The molecule has 1 aliphatic heterocycles. The molecule has 0 N–H and O–H groups in total. The van der Waals surface area contributed by atoms with Gasteiger partial charge in [-0.15, -0.1) is 0 Å². The number of rotatable bonds is 1. The standard InChI is InChI=1S/C16H12N2O2/c19-16-12-8-10-20-15(12)11-5-1-2-6-13(11)18(16)14-7-3-4-9-17-14/h1-7,9H,8,10H2. The maximum absolute atomic E-state index is 12.7. The van der Waals surface area contributed by atoms with Crippen LogP contribution >= 0.6 is 0 Å². The molecular formula is C16H12N2O2. The molecule has 4 nitrogen and oxygen atoms in total. The number of ether oxygens (including phenoxy) is 1. The second-order valence-corrected chi connectivity index (χ2v) is 4.75. The molecule has 2 aromatic heterocycles. The van der Waals surface area contributed by atoms with Gasteiger partial charge in [0.05, 0.1) is 17.7 Å². The molecule has 98 valence electrons. The minimum Gasteiger partial charge on any atom is -0.492 e. The Bertz CT molecular complexity index is 853. The van der Waals surface area contributed by atoms with Gasteiger partial charge in [-0.05, 0) is 24.3 Å². The Labute approximate surface area is 115 Å². The number of hydrogen-bond acceptors (Lipinski definition) is 3. The first-order chi connectivity index (χ1) is 9.86. The number of hydrogen-bond donors (Lipinski definition) is 0. The van der Waals surface area contributed by atoms with Crippen LogP contribution < -0.4 is 10.3 Å². The molecule has 0 bridgehead atoms. The molecule has 0 spiro atoms. The Hall–Kier alpha value is -2.62. The number of benzene rings is 1. The lowest BCUT2D eigenvalue weighted by Crippen LogP contribution is -2.22. The van der Waals surface area contributed by atoms with E-state index < -0.39 is 0 Å². The second kappa shape index (κ2) is 4.20. The van der Waals surface area contributed by atoms with Crippen molar-refractivity contribution in [1.82, 2.24) is 9.55 Å².